The monoisotopic (exact) mass is 371 g/mol. The summed E-state index contributed by atoms with van der Waals surface area (Å²) >= 11 is 9.46. The van der Waals surface area contributed by atoms with Gasteiger partial charge in [-0.2, -0.15) is 0 Å². The summed E-state index contributed by atoms with van der Waals surface area (Å²) in [5.41, 5.74) is 1.02. The molecule has 120 valence electrons. The van der Waals surface area contributed by atoms with Crippen molar-refractivity contribution in [1.29, 1.82) is 0 Å². The topological polar surface area (TPSA) is 22.1 Å². The Balaban J connectivity index is 1.57. The zero-order valence-electron chi connectivity index (χ0n) is 13.0. The lowest BCUT2D eigenvalue weighted by Gasteiger charge is -2.04. The van der Waals surface area contributed by atoms with Crippen molar-refractivity contribution in [3.63, 3.8) is 0 Å². The van der Waals surface area contributed by atoms with Gasteiger partial charge < -0.3 is 4.74 Å². The maximum absolute atomic E-state index is 5.99. The Labute approximate surface area is 153 Å². The summed E-state index contributed by atoms with van der Waals surface area (Å²) in [7, 11) is 0. The van der Waals surface area contributed by atoms with Crippen LogP contribution in [0.1, 0.15) is 10.6 Å². The predicted molar refractivity (Wildman–Crippen MR) is 103 cm³/mol. The van der Waals surface area contributed by atoms with E-state index in [2.05, 4.69) is 30.3 Å². The number of thiazole rings is 1. The van der Waals surface area contributed by atoms with Crippen molar-refractivity contribution in [3.8, 4) is 15.6 Å². The third-order valence-corrected chi connectivity index (χ3v) is 6.35. The number of hydrogen-bond donors (Lipinski definition) is 0. The standard InChI is InChI=1S/C19H14ClNOS2/c1-12-18(11-22-15-7-4-6-14(20)10-15)24-19(21-12)17-9-13-5-2-3-8-16(13)23-17/h2-10H,11H2,1H3. The fourth-order valence-electron chi connectivity index (χ4n) is 2.46. The van der Waals surface area contributed by atoms with E-state index in [1.165, 1.54) is 15.0 Å². The van der Waals surface area contributed by atoms with E-state index in [1.807, 2.05) is 31.2 Å². The van der Waals surface area contributed by atoms with Crippen LogP contribution in [0, 0.1) is 6.92 Å². The van der Waals surface area contributed by atoms with Crippen molar-refractivity contribution < 1.29 is 4.74 Å². The number of rotatable bonds is 4. The minimum Gasteiger partial charge on any atom is -0.488 e. The van der Waals surface area contributed by atoms with Crippen LogP contribution >= 0.6 is 34.3 Å². The van der Waals surface area contributed by atoms with E-state index < -0.39 is 0 Å². The normalized spacial score (nSPS) is 11.1. The van der Waals surface area contributed by atoms with E-state index in [0.29, 0.717) is 11.6 Å². The van der Waals surface area contributed by atoms with Crippen molar-refractivity contribution in [1.82, 2.24) is 4.98 Å². The average molecular weight is 372 g/mol. The van der Waals surface area contributed by atoms with Gasteiger partial charge in [0.15, 0.2) is 0 Å². The van der Waals surface area contributed by atoms with Gasteiger partial charge in [0.1, 0.15) is 17.4 Å². The molecule has 0 aliphatic heterocycles. The van der Waals surface area contributed by atoms with Gasteiger partial charge in [0.05, 0.1) is 15.4 Å². The number of ether oxygens (including phenoxy) is 1. The first-order valence-corrected chi connectivity index (χ1v) is 9.54. The van der Waals surface area contributed by atoms with E-state index in [9.17, 15) is 0 Å². The lowest BCUT2D eigenvalue weighted by Crippen LogP contribution is -1.94. The first-order chi connectivity index (χ1) is 11.7. The Hall–Kier alpha value is -1.88. The molecule has 2 heterocycles. The number of hydrogen-bond acceptors (Lipinski definition) is 4. The van der Waals surface area contributed by atoms with Crippen molar-refractivity contribution in [2.75, 3.05) is 0 Å². The highest BCUT2D eigenvalue weighted by molar-refractivity contribution is 7.25. The van der Waals surface area contributed by atoms with Crippen LogP contribution in [-0.4, -0.2) is 4.98 Å². The molecule has 2 aromatic carbocycles. The molecule has 4 rings (SSSR count). The Morgan fingerprint density at radius 3 is 2.75 bits per heavy atom. The highest BCUT2D eigenvalue weighted by Crippen LogP contribution is 2.36. The molecule has 0 saturated heterocycles. The number of benzene rings is 2. The molecule has 4 aromatic rings. The van der Waals surface area contributed by atoms with Crippen molar-refractivity contribution >= 4 is 44.4 Å². The lowest BCUT2D eigenvalue weighted by atomic mass is 10.2. The summed E-state index contributed by atoms with van der Waals surface area (Å²) in [6, 6.07) is 18.1. The molecule has 0 spiro atoms. The molecule has 24 heavy (non-hydrogen) atoms. The van der Waals surface area contributed by atoms with Gasteiger partial charge in [-0.15, -0.1) is 22.7 Å². The third kappa shape index (κ3) is 3.18. The molecule has 2 aromatic heterocycles. The molecule has 2 nitrogen and oxygen atoms in total. The van der Waals surface area contributed by atoms with Crippen molar-refractivity contribution in [3.05, 3.63) is 70.2 Å². The van der Waals surface area contributed by atoms with Crippen LogP contribution < -0.4 is 4.74 Å². The molecule has 0 N–H and O–H groups in total. The highest BCUT2D eigenvalue weighted by atomic mass is 35.5. The minimum atomic E-state index is 0.509. The zero-order valence-corrected chi connectivity index (χ0v) is 15.3. The molecule has 0 bridgehead atoms. The summed E-state index contributed by atoms with van der Waals surface area (Å²) in [6.45, 7) is 2.54. The Bertz CT molecular complexity index is 972. The second-order valence-electron chi connectivity index (χ2n) is 5.42. The van der Waals surface area contributed by atoms with Crippen LogP contribution in [0.25, 0.3) is 20.0 Å². The van der Waals surface area contributed by atoms with E-state index in [1.54, 1.807) is 22.7 Å². The molecule has 0 unspecified atom stereocenters. The smallest absolute Gasteiger partial charge is 0.134 e. The first kappa shape index (κ1) is 15.6. The molecule has 0 amide bonds. The Kier molecular flexibility index (Phi) is 4.27. The molecular weight excluding hydrogens is 358 g/mol. The van der Waals surface area contributed by atoms with Crippen LogP contribution in [0.5, 0.6) is 5.75 Å². The molecule has 0 atom stereocenters. The number of fused-ring (bicyclic) bond motifs is 1. The van der Waals surface area contributed by atoms with Crippen LogP contribution in [0.2, 0.25) is 5.02 Å². The number of thiophene rings is 1. The van der Waals surface area contributed by atoms with Gasteiger partial charge in [-0.05, 0) is 42.6 Å². The molecule has 0 aliphatic carbocycles. The maximum Gasteiger partial charge on any atom is 0.134 e. The lowest BCUT2D eigenvalue weighted by molar-refractivity contribution is 0.309. The van der Waals surface area contributed by atoms with Crippen LogP contribution in [-0.2, 0) is 6.61 Å². The van der Waals surface area contributed by atoms with Crippen LogP contribution in [0.15, 0.2) is 54.6 Å². The van der Waals surface area contributed by atoms with Gasteiger partial charge in [-0.25, -0.2) is 4.98 Å². The number of nitrogens with zero attached hydrogens (tertiary/aromatic N) is 1. The Morgan fingerprint density at radius 1 is 1.04 bits per heavy atom. The first-order valence-electron chi connectivity index (χ1n) is 7.53. The second kappa shape index (κ2) is 6.55. The van der Waals surface area contributed by atoms with Crippen LogP contribution in [0.3, 0.4) is 0 Å². The maximum atomic E-state index is 5.99. The van der Waals surface area contributed by atoms with Crippen molar-refractivity contribution in [2.45, 2.75) is 13.5 Å². The summed E-state index contributed by atoms with van der Waals surface area (Å²) < 4.78 is 7.14. The van der Waals surface area contributed by atoms with Gasteiger partial charge >= 0.3 is 0 Å². The predicted octanol–water partition coefficient (Wildman–Crippen LogP) is 6.57. The van der Waals surface area contributed by atoms with Gasteiger partial charge in [-0.1, -0.05) is 35.9 Å². The van der Waals surface area contributed by atoms with Gasteiger partial charge in [0, 0.05) is 9.72 Å². The molecule has 0 aliphatic rings. The third-order valence-electron chi connectivity index (χ3n) is 3.69. The number of aryl methyl sites for hydroxylation is 1. The minimum absolute atomic E-state index is 0.509. The average Bonchev–Trinajstić information content (AvgIpc) is 3.16. The second-order valence-corrected chi connectivity index (χ2v) is 8.03. The molecule has 0 saturated carbocycles. The quantitative estimate of drug-likeness (QED) is 0.405. The summed E-state index contributed by atoms with van der Waals surface area (Å²) in [4.78, 5) is 7.08. The number of aromatic nitrogens is 1. The summed E-state index contributed by atoms with van der Waals surface area (Å²) in [5.74, 6) is 0.777. The van der Waals surface area contributed by atoms with Gasteiger partial charge in [-0.3, -0.25) is 0 Å². The fraction of sp³-hybridized carbons (Fsp3) is 0.105. The van der Waals surface area contributed by atoms with Crippen LogP contribution in [0.4, 0.5) is 0 Å². The number of halogens is 1. The van der Waals surface area contributed by atoms with E-state index in [-0.39, 0.29) is 0 Å². The highest BCUT2D eigenvalue weighted by Gasteiger charge is 2.12. The zero-order chi connectivity index (χ0) is 16.5. The van der Waals surface area contributed by atoms with E-state index >= 15 is 0 Å². The molecule has 0 fully saturated rings. The largest absolute Gasteiger partial charge is 0.488 e. The Morgan fingerprint density at radius 2 is 1.92 bits per heavy atom. The fourth-order valence-corrected chi connectivity index (χ4v) is 4.72. The summed E-state index contributed by atoms with van der Waals surface area (Å²) in [5, 5.41) is 3.00. The van der Waals surface area contributed by atoms with Gasteiger partial charge in [0.25, 0.3) is 0 Å². The van der Waals surface area contributed by atoms with E-state index in [0.717, 1.165) is 21.3 Å². The molecular formula is C19H14ClNOS2. The summed E-state index contributed by atoms with van der Waals surface area (Å²) in [6.07, 6.45) is 0. The van der Waals surface area contributed by atoms with Gasteiger partial charge in [0.2, 0.25) is 0 Å². The SMILES string of the molecule is Cc1nc(-c2cc3ccccc3s2)sc1COc1cccc(Cl)c1. The van der Waals surface area contributed by atoms with E-state index in [4.69, 9.17) is 21.3 Å². The van der Waals surface area contributed by atoms with Crippen molar-refractivity contribution in [2.24, 2.45) is 0 Å². The molecule has 5 heteroatoms. The molecule has 0 radical (unpaired) electrons.